The van der Waals surface area contributed by atoms with Gasteiger partial charge in [-0.05, 0) is 27.2 Å². The van der Waals surface area contributed by atoms with Gasteiger partial charge in [-0.2, -0.15) is 0 Å². The van der Waals surface area contributed by atoms with Crippen molar-refractivity contribution in [3.05, 3.63) is 21.0 Å². The molecule has 108 valence electrons. The summed E-state index contributed by atoms with van der Waals surface area (Å²) in [4.78, 5) is 40.8. The number of nitrogens with zero attached hydrogens (tertiary/aromatic N) is 2. The molecule has 8 heteroatoms. The molecule has 1 amide bonds. The Morgan fingerprint density at radius 2 is 1.79 bits per heavy atom. The van der Waals surface area contributed by atoms with Gasteiger partial charge in [-0.25, -0.2) is 24.6 Å². The summed E-state index contributed by atoms with van der Waals surface area (Å²) in [5.74, 6) is 0. The van der Waals surface area contributed by atoms with Crippen molar-refractivity contribution in [2.45, 2.75) is 46.1 Å². The second-order valence-electron chi connectivity index (χ2n) is 5.19. The van der Waals surface area contributed by atoms with E-state index in [0.29, 0.717) is 11.3 Å². The van der Waals surface area contributed by atoms with Gasteiger partial charge in [-0.15, -0.1) is 0 Å². The maximum atomic E-state index is 12.0. The predicted octanol–water partition coefficient (Wildman–Crippen LogP) is 0.314. The summed E-state index contributed by atoms with van der Waals surface area (Å²) in [6, 6.07) is 0. The van der Waals surface area contributed by atoms with Crippen LogP contribution in [0.25, 0.3) is 0 Å². The molecule has 0 bridgehead atoms. The van der Waals surface area contributed by atoms with Crippen molar-refractivity contribution in [3.63, 3.8) is 0 Å². The van der Waals surface area contributed by atoms with Gasteiger partial charge in [0.25, 0.3) is 0 Å². The van der Waals surface area contributed by atoms with Gasteiger partial charge in [0.1, 0.15) is 0 Å². The Labute approximate surface area is 110 Å². The molecule has 0 spiro atoms. The van der Waals surface area contributed by atoms with Crippen LogP contribution < -0.4 is 16.2 Å². The van der Waals surface area contributed by atoms with E-state index in [1.54, 1.807) is 0 Å². The number of rotatable bonds is 4. The molecule has 1 aromatic heterocycles. The summed E-state index contributed by atoms with van der Waals surface area (Å²) in [6.45, 7) is 8.07. The summed E-state index contributed by atoms with van der Waals surface area (Å²) in [5, 5.41) is 4.07. The van der Waals surface area contributed by atoms with Gasteiger partial charge in [0.2, 0.25) is 0 Å². The first-order valence-electron chi connectivity index (χ1n) is 6.17. The fourth-order valence-electron chi connectivity index (χ4n) is 1.53. The molecule has 0 unspecified atom stereocenters. The Morgan fingerprint density at radius 1 is 1.26 bits per heavy atom. The zero-order chi connectivity index (χ0) is 14.6. The highest BCUT2D eigenvalue weighted by molar-refractivity contribution is 5.68. The number of aromatic nitrogens is 3. The van der Waals surface area contributed by atoms with Crippen LogP contribution in [-0.2, 0) is 0 Å². The van der Waals surface area contributed by atoms with Crippen LogP contribution >= 0.6 is 0 Å². The lowest BCUT2D eigenvalue weighted by molar-refractivity contribution is 0.0545. The SMILES string of the molecule is CCCCN(C(=O)On1c(=O)[nH][nH]c1=O)C(C)(C)C. The lowest BCUT2D eigenvalue weighted by Gasteiger charge is -2.34. The Morgan fingerprint density at radius 3 is 2.21 bits per heavy atom. The Kier molecular flexibility index (Phi) is 4.57. The van der Waals surface area contributed by atoms with Crippen LogP contribution in [-0.4, -0.2) is 38.0 Å². The molecule has 1 aromatic rings. The van der Waals surface area contributed by atoms with Gasteiger partial charge in [0, 0.05) is 12.1 Å². The highest BCUT2D eigenvalue weighted by Gasteiger charge is 2.28. The van der Waals surface area contributed by atoms with Crippen LogP contribution in [0.2, 0.25) is 0 Å². The van der Waals surface area contributed by atoms with E-state index in [0.717, 1.165) is 12.8 Å². The van der Waals surface area contributed by atoms with E-state index in [4.69, 9.17) is 4.84 Å². The molecule has 0 aliphatic heterocycles. The first-order chi connectivity index (χ1) is 8.77. The fraction of sp³-hybridized carbons (Fsp3) is 0.727. The van der Waals surface area contributed by atoms with Crippen LogP contribution in [0.4, 0.5) is 4.79 Å². The van der Waals surface area contributed by atoms with Gasteiger partial charge in [0.15, 0.2) is 0 Å². The number of hydrogen-bond donors (Lipinski definition) is 2. The number of aromatic amines is 2. The van der Waals surface area contributed by atoms with Crippen molar-refractivity contribution >= 4 is 6.09 Å². The van der Waals surface area contributed by atoms with Gasteiger partial charge < -0.3 is 9.74 Å². The largest absolute Gasteiger partial charge is 0.435 e. The first-order valence-corrected chi connectivity index (χ1v) is 6.17. The molecule has 0 saturated heterocycles. The average Bonchev–Trinajstić information content (AvgIpc) is 2.59. The number of H-pyrrole nitrogens is 2. The van der Waals surface area contributed by atoms with Gasteiger partial charge in [-0.1, -0.05) is 18.1 Å². The second kappa shape index (κ2) is 5.77. The van der Waals surface area contributed by atoms with Crippen molar-refractivity contribution in [1.29, 1.82) is 0 Å². The smallest absolute Gasteiger partial charge is 0.307 e. The van der Waals surface area contributed by atoms with Crippen molar-refractivity contribution in [1.82, 2.24) is 19.8 Å². The minimum absolute atomic E-state index is 0.368. The minimum atomic E-state index is -0.817. The predicted molar refractivity (Wildman–Crippen MR) is 69.0 cm³/mol. The number of unbranched alkanes of at least 4 members (excludes halogenated alkanes) is 1. The molecule has 1 rings (SSSR count). The van der Waals surface area contributed by atoms with E-state index < -0.39 is 23.0 Å². The molecular weight excluding hydrogens is 252 g/mol. The summed E-state index contributed by atoms with van der Waals surface area (Å²) < 4.78 is 0.368. The molecule has 0 aliphatic carbocycles. The van der Waals surface area contributed by atoms with E-state index in [2.05, 4.69) is 0 Å². The van der Waals surface area contributed by atoms with Crippen LogP contribution in [0.5, 0.6) is 0 Å². The van der Waals surface area contributed by atoms with Crippen LogP contribution in [0.3, 0.4) is 0 Å². The third kappa shape index (κ3) is 3.73. The monoisotopic (exact) mass is 272 g/mol. The van der Waals surface area contributed by atoms with Crippen molar-refractivity contribution in [2.75, 3.05) is 6.54 Å². The lowest BCUT2D eigenvalue weighted by Crippen LogP contribution is -2.51. The number of nitrogens with one attached hydrogen (secondary N) is 2. The van der Waals surface area contributed by atoms with Gasteiger partial charge >= 0.3 is 17.5 Å². The molecule has 0 atom stereocenters. The molecule has 0 radical (unpaired) electrons. The summed E-state index contributed by atoms with van der Waals surface area (Å²) in [7, 11) is 0. The van der Waals surface area contributed by atoms with Crippen molar-refractivity contribution in [2.24, 2.45) is 0 Å². The fourth-order valence-corrected chi connectivity index (χ4v) is 1.53. The normalized spacial score (nSPS) is 11.4. The zero-order valence-corrected chi connectivity index (χ0v) is 11.6. The zero-order valence-electron chi connectivity index (χ0n) is 11.6. The molecule has 19 heavy (non-hydrogen) atoms. The molecule has 0 aliphatic rings. The van der Waals surface area contributed by atoms with E-state index in [-0.39, 0.29) is 0 Å². The Hall–Kier alpha value is -1.99. The molecule has 0 aromatic carbocycles. The van der Waals surface area contributed by atoms with E-state index >= 15 is 0 Å². The van der Waals surface area contributed by atoms with E-state index in [1.807, 2.05) is 37.9 Å². The summed E-state index contributed by atoms with van der Waals surface area (Å²) in [5.41, 5.74) is -2.09. The standard InChI is InChI=1S/C11H20N4O4/c1-5-6-7-14(11(2,3)4)10(18)19-15-8(16)12-13-9(15)17/h5-7H2,1-4H3,(H,12,16)(H,13,17). The maximum Gasteiger partial charge on any atom is 0.435 e. The van der Waals surface area contributed by atoms with Crippen LogP contribution in [0, 0.1) is 0 Å². The van der Waals surface area contributed by atoms with Crippen molar-refractivity contribution < 1.29 is 9.63 Å². The van der Waals surface area contributed by atoms with E-state index in [1.165, 1.54) is 4.90 Å². The Bertz CT molecular complexity index is 506. The first kappa shape index (κ1) is 15.1. The number of carbonyl (C=O) groups is 1. The number of carbonyl (C=O) groups excluding carboxylic acids is 1. The minimum Gasteiger partial charge on any atom is -0.307 e. The highest BCUT2D eigenvalue weighted by Crippen LogP contribution is 2.14. The second-order valence-corrected chi connectivity index (χ2v) is 5.19. The lowest BCUT2D eigenvalue weighted by atomic mass is 10.1. The molecule has 0 fully saturated rings. The topological polar surface area (TPSA) is 100 Å². The third-order valence-corrected chi connectivity index (χ3v) is 2.58. The molecule has 2 N–H and O–H groups in total. The molecule has 0 saturated carbocycles. The van der Waals surface area contributed by atoms with Crippen molar-refractivity contribution in [3.8, 4) is 0 Å². The highest BCUT2D eigenvalue weighted by atomic mass is 16.7. The maximum absolute atomic E-state index is 12.0. The third-order valence-electron chi connectivity index (χ3n) is 2.58. The van der Waals surface area contributed by atoms with Gasteiger partial charge in [0.05, 0.1) is 0 Å². The van der Waals surface area contributed by atoms with Crippen LogP contribution in [0.15, 0.2) is 9.59 Å². The average molecular weight is 272 g/mol. The molecular formula is C11H20N4O4. The van der Waals surface area contributed by atoms with Gasteiger partial charge in [-0.3, -0.25) is 0 Å². The molecule has 1 heterocycles. The molecule has 8 nitrogen and oxygen atoms in total. The number of hydrogen-bond acceptors (Lipinski definition) is 4. The van der Waals surface area contributed by atoms with E-state index in [9.17, 15) is 14.4 Å². The Balaban J connectivity index is 2.89. The number of amides is 1. The summed E-state index contributed by atoms with van der Waals surface area (Å²) in [6.07, 6.45) is 1.00. The quantitative estimate of drug-likeness (QED) is 0.824. The summed E-state index contributed by atoms with van der Waals surface area (Å²) >= 11 is 0. The van der Waals surface area contributed by atoms with Crippen LogP contribution in [0.1, 0.15) is 40.5 Å².